The van der Waals surface area contributed by atoms with Gasteiger partial charge >= 0.3 is 0 Å². The summed E-state index contributed by atoms with van der Waals surface area (Å²) >= 11 is 0. The predicted octanol–water partition coefficient (Wildman–Crippen LogP) is 2.94. The lowest BCUT2D eigenvalue weighted by molar-refractivity contribution is -0.173. The van der Waals surface area contributed by atoms with Gasteiger partial charge in [-0.05, 0) is 6.42 Å². The third-order valence-corrected chi connectivity index (χ3v) is 3.05. The van der Waals surface area contributed by atoms with E-state index in [0.29, 0.717) is 18.6 Å². The van der Waals surface area contributed by atoms with Crippen LogP contribution in [0.15, 0.2) is 0 Å². The van der Waals surface area contributed by atoms with E-state index >= 15 is 0 Å². The molecule has 0 aromatic carbocycles. The van der Waals surface area contributed by atoms with Crippen molar-refractivity contribution in [2.24, 2.45) is 0 Å². The zero-order valence-corrected chi connectivity index (χ0v) is 10.5. The molecule has 1 aliphatic rings. The van der Waals surface area contributed by atoms with E-state index in [0.717, 1.165) is 26.1 Å². The number of carbonyl (C=O) groups is 1. The topological polar surface area (TPSA) is 29.5 Å². The average molecular weight is 227 g/mol. The SMILES string of the molecule is CCCCCCCCON1CCC(=O)CC1. The molecule has 0 amide bonds. The third kappa shape index (κ3) is 6.23. The molecule has 1 saturated heterocycles. The third-order valence-electron chi connectivity index (χ3n) is 3.05. The molecule has 1 heterocycles. The maximum atomic E-state index is 11.0. The van der Waals surface area contributed by atoms with Gasteiger partial charge in [0.1, 0.15) is 5.78 Å². The van der Waals surface area contributed by atoms with Crippen LogP contribution in [0.4, 0.5) is 0 Å². The molecule has 1 rings (SSSR count). The molecule has 0 saturated carbocycles. The molecule has 0 radical (unpaired) electrons. The quantitative estimate of drug-likeness (QED) is 0.597. The second-order valence-corrected chi connectivity index (χ2v) is 4.57. The first-order chi connectivity index (χ1) is 7.83. The lowest BCUT2D eigenvalue weighted by Crippen LogP contribution is -2.34. The molecule has 94 valence electrons. The number of piperidine rings is 1. The average Bonchev–Trinajstić information content (AvgIpc) is 2.30. The van der Waals surface area contributed by atoms with Crippen LogP contribution >= 0.6 is 0 Å². The van der Waals surface area contributed by atoms with Crippen molar-refractivity contribution in [2.75, 3.05) is 19.7 Å². The van der Waals surface area contributed by atoms with Crippen molar-refractivity contribution in [1.29, 1.82) is 0 Å². The van der Waals surface area contributed by atoms with Crippen LogP contribution in [0, 0.1) is 0 Å². The highest BCUT2D eigenvalue weighted by Gasteiger charge is 2.15. The molecule has 0 aromatic rings. The van der Waals surface area contributed by atoms with Crippen LogP contribution in [0.5, 0.6) is 0 Å². The fourth-order valence-electron chi connectivity index (χ4n) is 1.94. The van der Waals surface area contributed by atoms with Gasteiger partial charge in [-0.2, -0.15) is 5.06 Å². The highest BCUT2D eigenvalue weighted by molar-refractivity contribution is 5.79. The first kappa shape index (κ1) is 13.7. The summed E-state index contributed by atoms with van der Waals surface area (Å²) in [6, 6.07) is 0. The van der Waals surface area contributed by atoms with E-state index in [4.69, 9.17) is 4.84 Å². The normalized spacial score (nSPS) is 17.9. The Morgan fingerprint density at radius 3 is 2.38 bits per heavy atom. The van der Waals surface area contributed by atoms with E-state index in [1.165, 1.54) is 32.1 Å². The monoisotopic (exact) mass is 227 g/mol. The first-order valence-corrected chi connectivity index (χ1v) is 6.72. The number of ketones is 1. The molecule has 16 heavy (non-hydrogen) atoms. The van der Waals surface area contributed by atoms with E-state index in [-0.39, 0.29) is 0 Å². The zero-order chi connectivity index (χ0) is 11.6. The van der Waals surface area contributed by atoms with Gasteiger partial charge in [-0.15, -0.1) is 0 Å². The molecule has 3 nitrogen and oxygen atoms in total. The minimum atomic E-state index is 0.374. The van der Waals surface area contributed by atoms with Crippen molar-refractivity contribution in [1.82, 2.24) is 5.06 Å². The summed E-state index contributed by atoms with van der Waals surface area (Å²) in [5.41, 5.74) is 0. The second kappa shape index (κ2) is 8.71. The Kier molecular flexibility index (Phi) is 7.43. The number of hydrogen-bond acceptors (Lipinski definition) is 3. The summed E-state index contributed by atoms with van der Waals surface area (Å²) in [5.74, 6) is 0.374. The lowest BCUT2D eigenvalue weighted by atomic mass is 10.1. The maximum Gasteiger partial charge on any atom is 0.135 e. The molecule has 0 aliphatic carbocycles. The summed E-state index contributed by atoms with van der Waals surface area (Å²) < 4.78 is 0. The molecule has 0 unspecified atom stereocenters. The van der Waals surface area contributed by atoms with Gasteiger partial charge in [0.15, 0.2) is 0 Å². The van der Waals surface area contributed by atoms with Crippen molar-refractivity contribution < 1.29 is 9.63 Å². The van der Waals surface area contributed by atoms with Gasteiger partial charge in [0.25, 0.3) is 0 Å². The van der Waals surface area contributed by atoms with Crippen LogP contribution in [0.25, 0.3) is 0 Å². The van der Waals surface area contributed by atoms with Crippen molar-refractivity contribution in [3.8, 4) is 0 Å². The van der Waals surface area contributed by atoms with Gasteiger partial charge in [-0.25, -0.2) is 0 Å². The minimum Gasteiger partial charge on any atom is -0.300 e. The Morgan fingerprint density at radius 1 is 1.06 bits per heavy atom. The number of nitrogens with zero attached hydrogens (tertiary/aromatic N) is 1. The van der Waals surface area contributed by atoms with Gasteiger partial charge in [-0.3, -0.25) is 9.63 Å². The fraction of sp³-hybridized carbons (Fsp3) is 0.923. The molecule has 0 aromatic heterocycles. The summed E-state index contributed by atoms with van der Waals surface area (Å²) in [6.07, 6.45) is 9.09. The van der Waals surface area contributed by atoms with Gasteiger partial charge in [0.05, 0.1) is 6.61 Å². The molecule has 0 bridgehead atoms. The minimum absolute atomic E-state index is 0.374. The van der Waals surface area contributed by atoms with Crippen molar-refractivity contribution in [2.45, 2.75) is 58.3 Å². The van der Waals surface area contributed by atoms with Crippen LogP contribution < -0.4 is 0 Å². The van der Waals surface area contributed by atoms with E-state index in [9.17, 15) is 4.79 Å². The van der Waals surface area contributed by atoms with E-state index in [2.05, 4.69) is 6.92 Å². The molecular weight excluding hydrogens is 202 g/mol. The van der Waals surface area contributed by atoms with E-state index in [1.807, 2.05) is 5.06 Å². The number of hydroxylamine groups is 2. The predicted molar refractivity (Wildman–Crippen MR) is 65.1 cm³/mol. The zero-order valence-electron chi connectivity index (χ0n) is 10.5. The smallest absolute Gasteiger partial charge is 0.135 e. The largest absolute Gasteiger partial charge is 0.300 e. The highest BCUT2D eigenvalue weighted by Crippen LogP contribution is 2.08. The Bertz CT molecular complexity index is 184. The van der Waals surface area contributed by atoms with Crippen molar-refractivity contribution in [3.05, 3.63) is 0 Å². The van der Waals surface area contributed by atoms with Gasteiger partial charge in [0.2, 0.25) is 0 Å². The molecule has 0 spiro atoms. The molecule has 0 N–H and O–H groups in total. The van der Waals surface area contributed by atoms with Crippen LogP contribution in [0.2, 0.25) is 0 Å². The fourth-order valence-corrected chi connectivity index (χ4v) is 1.94. The summed E-state index contributed by atoms with van der Waals surface area (Å²) in [6.45, 7) is 4.63. The highest BCUT2D eigenvalue weighted by atomic mass is 16.7. The number of rotatable bonds is 8. The Balaban J connectivity index is 1.85. The number of carbonyl (C=O) groups excluding carboxylic acids is 1. The van der Waals surface area contributed by atoms with E-state index in [1.54, 1.807) is 0 Å². The van der Waals surface area contributed by atoms with Crippen molar-refractivity contribution >= 4 is 5.78 Å². The number of hydrogen-bond donors (Lipinski definition) is 0. The van der Waals surface area contributed by atoms with E-state index < -0.39 is 0 Å². The van der Waals surface area contributed by atoms with Crippen LogP contribution in [-0.2, 0) is 9.63 Å². The lowest BCUT2D eigenvalue weighted by Gasteiger charge is -2.24. The van der Waals surface area contributed by atoms with Gasteiger partial charge in [0, 0.05) is 25.9 Å². The van der Waals surface area contributed by atoms with Gasteiger partial charge in [-0.1, -0.05) is 39.0 Å². The first-order valence-electron chi connectivity index (χ1n) is 6.72. The summed E-state index contributed by atoms with van der Waals surface area (Å²) in [7, 11) is 0. The molecule has 1 fully saturated rings. The molecular formula is C13H25NO2. The second-order valence-electron chi connectivity index (χ2n) is 4.57. The number of unbranched alkanes of at least 4 members (excludes halogenated alkanes) is 5. The molecule has 3 heteroatoms. The number of Topliss-reactive ketones (excluding diaryl/α,β-unsaturated/α-hetero) is 1. The Morgan fingerprint density at radius 2 is 1.69 bits per heavy atom. The van der Waals surface area contributed by atoms with Crippen molar-refractivity contribution in [3.63, 3.8) is 0 Å². The Labute approximate surface area is 99.1 Å². The Hall–Kier alpha value is -0.410. The molecule has 1 aliphatic heterocycles. The van der Waals surface area contributed by atoms with Crippen LogP contribution in [-0.4, -0.2) is 30.5 Å². The van der Waals surface area contributed by atoms with Gasteiger partial charge < -0.3 is 0 Å². The summed E-state index contributed by atoms with van der Waals surface area (Å²) in [4.78, 5) is 16.6. The van der Waals surface area contributed by atoms with Crippen LogP contribution in [0.1, 0.15) is 58.3 Å². The molecule has 0 atom stereocenters. The van der Waals surface area contributed by atoms with Crippen LogP contribution in [0.3, 0.4) is 0 Å². The standard InChI is InChI=1S/C13H25NO2/c1-2-3-4-5-6-7-12-16-14-10-8-13(15)9-11-14/h2-12H2,1H3. The maximum absolute atomic E-state index is 11.0. The summed E-state index contributed by atoms with van der Waals surface area (Å²) in [5, 5.41) is 1.95.